The largest absolute Gasteiger partial charge is 0.0616 e. The van der Waals surface area contributed by atoms with E-state index in [9.17, 15) is 0 Å². The summed E-state index contributed by atoms with van der Waals surface area (Å²) in [7, 11) is 0. The van der Waals surface area contributed by atoms with Crippen LogP contribution in [0.4, 0.5) is 0 Å². The molecule has 0 bridgehead atoms. The zero-order valence-corrected chi connectivity index (χ0v) is 26.0. The summed E-state index contributed by atoms with van der Waals surface area (Å²) in [5.74, 6) is 0.702. The van der Waals surface area contributed by atoms with Crippen molar-refractivity contribution in [1.82, 2.24) is 0 Å². The maximum Gasteiger partial charge on any atom is -0.00199 e. The van der Waals surface area contributed by atoms with Crippen molar-refractivity contribution >= 4 is 43.1 Å². The summed E-state index contributed by atoms with van der Waals surface area (Å²) >= 11 is 0. The summed E-state index contributed by atoms with van der Waals surface area (Å²) in [5.41, 5.74) is 9.25. The van der Waals surface area contributed by atoms with Crippen LogP contribution in [-0.4, -0.2) is 0 Å². The van der Waals surface area contributed by atoms with Gasteiger partial charge in [-0.15, -0.1) is 0 Å². The van der Waals surface area contributed by atoms with Gasteiger partial charge in [0.15, 0.2) is 0 Å². The second-order valence-electron chi connectivity index (χ2n) is 13.1. The van der Waals surface area contributed by atoms with Crippen molar-refractivity contribution in [3.8, 4) is 33.4 Å². The van der Waals surface area contributed by atoms with Crippen LogP contribution in [0.15, 0.2) is 152 Å². The van der Waals surface area contributed by atoms with Crippen LogP contribution in [0.2, 0.25) is 0 Å². The van der Waals surface area contributed by atoms with E-state index in [1.807, 2.05) is 0 Å². The van der Waals surface area contributed by atoms with Gasteiger partial charge >= 0.3 is 0 Å². The maximum atomic E-state index is 2.46. The van der Waals surface area contributed by atoms with Crippen molar-refractivity contribution in [1.29, 1.82) is 0 Å². The van der Waals surface area contributed by atoms with Gasteiger partial charge < -0.3 is 0 Å². The van der Waals surface area contributed by atoms with E-state index in [1.165, 1.54) is 114 Å². The first-order chi connectivity index (χ1) is 22.8. The van der Waals surface area contributed by atoms with E-state index >= 15 is 0 Å². The Morgan fingerprint density at radius 3 is 1.57 bits per heavy atom. The molecule has 8 aromatic rings. The molecule has 0 nitrogen and oxygen atoms in total. The monoisotopic (exact) mass is 588 g/mol. The number of rotatable bonds is 4. The average Bonchev–Trinajstić information content (AvgIpc) is 3.14. The lowest BCUT2D eigenvalue weighted by Gasteiger charge is -2.23. The average molecular weight is 589 g/mol. The Hall–Kier alpha value is -5.20. The van der Waals surface area contributed by atoms with E-state index in [2.05, 4.69) is 152 Å². The highest BCUT2D eigenvalue weighted by molar-refractivity contribution is 6.24. The molecule has 0 heteroatoms. The van der Waals surface area contributed by atoms with Crippen molar-refractivity contribution in [2.45, 2.75) is 38.0 Å². The zero-order valence-electron chi connectivity index (χ0n) is 26.0. The summed E-state index contributed by atoms with van der Waals surface area (Å²) in [6, 6.07) is 56.8. The second kappa shape index (κ2) is 11.3. The predicted octanol–water partition coefficient (Wildman–Crippen LogP) is 13.3. The molecular formula is C46H36. The molecule has 0 aliphatic heterocycles. The maximum absolute atomic E-state index is 2.46. The third-order valence-corrected chi connectivity index (χ3v) is 10.5. The molecule has 1 aliphatic rings. The highest BCUT2D eigenvalue weighted by Gasteiger charge is 2.20. The predicted molar refractivity (Wildman–Crippen MR) is 199 cm³/mol. The minimum atomic E-state index is 0.702. The van der Waals surface area contributed by atoms with Crippen LogP contribution in [-0.2, 0) is 0 Å². The molecule has 0 spiro atoms. The molecule has 9 rings (SSSR count). The first-order valence-electron chi connectivity index (χ1n) is 16.9. The fourth-order valence-electron chi connectivity index (χ4n) is 8.23. The van der Waals surface area contributed by atoms with Gasteiger partial charge in [0.05, 0.1) is 0 Å². The van der Waals surface area contributed by atoms with Crippen LogP contribution in [0.25, 0.3) is 76.5 Å². The van der Waals surface area contributed by atoms with Gasteiger partial charge in [0.25, 0.3) is 0 Å². The van der Waals surface area contributed by atoms with Gasteiger partial charge in [0, 0.05) is 0 Å². The van der Waals surface area contributed by atoms with Gasteiger partial charge in [0.1, 0.15) is 0 Å². The molecule has 1 fully saturated rings. The highest BCUT2D eigenvalue weighted by Crippen LogP contribution is 2.47. The van der Waals surface area contributed by atoms with Crippen LogP contribution in [0.5, 0.6) is 0 Å². The molecule has 1 saturated carbocycles. The smallest absolute Gasteiger partial charge is 0.00199 e. The number of hydrogen-bond donors (Lipinski definition) is 0. The van der Waals surface area contributed by atoms with Gasteiger partial charge in [0.2, 0.25) is 0 Å². The summed E-state index contributed by atoms with van der Waals surface area (Å²) in [6.07, 6.45) is 6.74. The van der Waals surface area contributed by atoms with Gasteiger partial charge in [-0.1, -0.05) is 165 Å². The summed E-state index contributed by atoms with van der Waals surface area (Å²) in [4.78, 5) is 0. The molecule has 0 atom stereocenters. The molecule has 0 radical (unpaired) electrons. The van der Waals surface area contributed by atoms with Crippen molar-refractivity contribution in [2.75, 3.05) is 0 Å². The van der Waals surface area contributed by atoms with E-state index in [0.717, 1.165) is 0 Å². The first-order valence-corrected chi connectivity index (χ1v) is 16.9. The standard InChI is InChI=1S/C46H36/c1-2-12-31(13-3-1)32-24-26-35(27-25-32)45-41-20-8-9-21-42(41)46(40-23-11-17-34-15-5-7-19-38(34)40)44-30-36(28-29-43(44)45)39-22-10-16-33-14-4-6-18-37(33)39/h4-11,14-31H,1-3,12-13H2. The summed E-state index contributed by atoms with van der Waals surface area (Å²) in [5, 5.41) is 10.3. The van der Waals surface area contributed by atoms with E-state index in [1.54, 1.807) is 0 Å². The third kappa shape index (κ3) is 4.52. The Morgan fingerprint density at radius 2 is 0.870 bits per heavy atom. The Kier molecular flexibility index (Phi) is 6.67. The molecule has 8 aromatic carbocycles. The van der Waals surface area contributed by atoms with Crippen LogP contribution < -0.4 is 0 Å². The van der Waals surface area contributed by atoms with Gasteiger partial charge in [-0.2, -0.15) is 0 Å². The van der Waals surface area contributed by atoms with E-state index in [4.69, 9.17) is 0 Å². The molecule has 1 aliphatic carbocycles. The Morgan fingerprint density at radius 1 is 0.348 bits per heavy atom. The minimum Gasteiger partial charge on any atom is -0.0616 e. The molecule has 46 heavy (non-hydrogen) atoms. The van der Waals surface area contributed by atoms with Crippen LogP contribution in [0, 0.1) is 0 Å². The fraction of sp³-hybridized carbons (Fsp3) is 0.130. The van der Waals surface area contributed by atoms with Crippen molar-refractivity contribution in [3.05, 3.63) is 157 Å². The molecule has 0 heterocycles. The fourth-order valence-corrected chi connectivity index (χ4v) is 8.23. The lowest BCUT2D eigenvalue weighted by atomic mass is 9.82. The first kappa shape index (κ1) is 27.1. The molecule has 0 N–H and O–H groups in total. The van der Waals surface area contributed by atoms with E-state index in [0.29, 0.717) is 5.92 Å². The molecule has 0 amide bonds. The summed E-state index contributed by atoms with van der Waals surface area (Å²) < 4.78 is 0. The molecule has 0 aromatic heterocycles. The van der Waals surface area contributed by atoms with Crippen molar-refractivity contribution in [2.24, 2.45) is 0 Å². The molecular weight excluding hydrogens is 553 g/mol. The molecule has 220 valence electrons. The molecule has 0 saturated heterocycles. The lowest BCUT2D eigenvalue weighted by Crippen LogP contribution is -2.04. The SMILES string of the molecule is c1ccc2c(-c3ccc4c(-c5ccc(C6CCCCC6)cc5)c5ccccc5c(-c5cccc6ccccc56)c4c3)cccc2c1. The zero-order chi connectivity index (χ0) is 30.5. The van der Waals surface area contributed by atoms with E-state index < -0.39 is 0 Å². The van der Waals surface area contributed by atoms with Gasteiger partial charge in [-0.3, -0.25) is 0 Å². The van der Waals surface area contributed by atoms with Crippen LogP contribution >= 0.6 is 0 Å². The van der Waals surface area contributed by atoms with Crippen LogP contribution in [0.1, 0.15) is 43.6 Å². The van der Waals surface area contributed by atoms with E-state index in [-0.39, 0.29) is 0 Å². The number of benzene rings is 8. The Labute approximate surface area is 271 Å². The highest BCUT2D eigenvalue weighted by atomic mass is 14.2. The normalized spacial score (nSPS) is 14.0. The lowest BCUT2D eigenvalue weighted by molar-refractivity contribution is 0.443. The number of hydrogen-bond acceptors (Lipinski definition) is 0. The van der Waals surface area contributed by atoms with Gasteiger partial charge in [-0.25, -0.2) is 0 Å². The van der Waals surface area contributed by atoms with Crippen molar-refractivity contribution < 1.29 is 0 Å². The number of fused-ring (bicyclic) bond motifs is 4. The second-order valence-corrected chi connectivity index (χ2v) is 13.1. The minimum absolute atomic E-state index is 0.702. The Balaban J connectivity index is 1.36. The topological polar surface area (TPSA) is 0 Å². The van der Waals surface area contributed by atoms with Crippen molar-refractivity contribution in [3.63, 3.8) is 0 Å². The molecule has 0 unspecified atom stereocenters. The van der Waals surface area contributed by atoms with Gasteiger partial charge in [-0.05, 0) is 107 Å². The summed E-state index contributed by atoms with van der Waals surface area (Å²) in [6.45, 7) is 0. The Bertz CT molecular complexity index is 2380. The van der Waals surface area contributed by atoms with Crippen LogP contribution in [0.3, 0.4) is 0 Å². The quantitative estimate of drug-likeness (QED) is 0.179. The third-order valence-electron chi connectivity index (χ3n) is 10.5.